The second kappa shape index (κ2) is 13.0. The Morgan fingerprint density at radius 1 is 0.929 bits per heavy atom. The molecule has 0 aromatic carbocycles. The fourth-order valence-corrected chi connectivity index (χ4v) is 2.29. The van der Waals surface area contributed by atoms with Crippen LogP contribution < -0.4 is 27.4 Å². The Hall–Kier alpha value is -2.24. The van der Waals surface area contributed by atoms with E-state index in [4.69, 9.17) is 16.6 Å². The van der Waals surface area contributed by atoms with Gasteiger partial charge in [-0.1, -0.05) is 13.8 Å². The molecule has 0 aliphatic rings. The van der Waals surface area contributed by atoms with Crippen LogP contribution >= 0.6 is 0 Å². The van der Waals surface area contributed by atoms with Gasteiger partial charge in [0, 0.05) is 0 Å². The Bertz CT molecular complexity index is 542. The summed E-state index contributed by atoms with van der Waals surface area (Å²) in [5.41, 5.74) is 10.8. The third kappa shape index (κ3) is 9.11. The first-order chi connectivity index (χ1) is 13.0. The van der Waals surface area contributed by atoms with Crippen molar-refractivity contribution in [1.29, 1.82) is 0 Å². The van der Waals surface area contributed by atoms with E-state index in [9.17, 15) is 24.3 Å². The summed E-state index contributed by atoms with van der Waals surface area (Å²) in [7, 11) is 0. The summed E-state index contributed by atoms with van der Waals surface area (Å²) in [5, 5.41) is 25.4. The molecule has 0 spiro atoms. The normalized spacial score (nSPS) is 15.2. The van der Waals surface area contributed by atoms with E-state index in [1.807, 2.05) is 0 Å². The van der Waals surface area contributed by atoms with Gasteiger partial charge in [-0.05, 0) is 38.6 Å². The van der Waals surface area contributed by atoms with Crippen LogP contribution in [0.3, 0.4) is 0 Å². The SMILES string of the molecule is CC(C)[C@H](NC(=O)[C@@H](N)CO)C(=O)N[C@@H](C)C(=O)N[C@@H](CCCCN)C(=O)O. The van der Waals surface area contributed by atoms with Crippen LogP contribution in [0.25, 0.3) is 0 Å². The summed E-state index contributed by atoms with van der Waals surface area (Å²) in [4.78, 5) is 47.8. The monoisotopic (exact) mass is 403 g/mol. The minimum atomic E-state index is -1.17. The molecule has 0 saturated carbocycles. The number of nitrogens with two attached hydrogens (primary N) is 2. The maximum Gasteiger partial charge on any atom is 0.326 e. The number of carbonyl (C=O) groups excluding carboxylic acids is 3. The molecule has 0 aliphatic carbocycles. The lowest BCUT2D eigenvalue weighted by atomic mass is 10.0. The van der Waals surface area contributed by atoms with E-state index in [0.717, 1.165) is 0 Å². The number of carbonyl (C=O) groups is 4. The second-order valence-electron chi connectivity index (χ2n) is 6.93. The van der Waals surface area contributed by atoms with Crippen molar-refractivity contribution in [3.63, 3.8) is 0 Å². The summed E-state index contributed by atoms with van der Waals surface area (Å²) in [5.74, 6) is -3.46. The number of carboxylic acids is 1. The molecule has 0 unspecified atom stereocenters. The van der Waals surface area contributed by atoms with Gasteiger partial charge in [-0.3, -0.25) is 14.4 Å². The maximum absolute atomic E-state index is 12.4. The highest BCUT2D eigenvalue weighted by atomic mass is 16.4. The summed E-state index contributed by atoms with van der Waals surface area (Å²) < 4.78 is 0. The van der Waals surface area contributed by atoms with E-state index >= 15 is 0 Å². The molecule has 162 valence electrons. The molecule has 0 radical (unpaired) electrons. The van der Waals surface area contributed by atoms with Gasteiger partial charge in [0.1, 0.15) is 24.2 Å². The van der Waals surface area contributed by atoms with Gasteiger partial charge in [-0.2, -0.15) is 0 Å². The third-order valence-electron chi connectivity index (χ3n) is 4.09. The highest BCUT2D eigenvalue weighted by molar-refractivity contribution is 5.94. The largest absolute Gasteiger partial charge is 0.480 e. The molecule has 0 aromatic rings. The van der Waals surface area contributed by atoms with E-state index in [0.29, 0.717) is 19.4 Å². The van der Waals surface area contributed by atoms with E-state index < -0.39 is 54.5 Å². The molecule has 11 heteroatoms. The standard InChI is InChI=1S/C17H33N5O6/c1-9(2)13(22-15(25)11(19)8-23)16(26)20-10(3)14(24)21-12(17(27)28)6-4-5-7-18/h9-13,23H,4-8,18-19H2,1-3H3,(H,20,26)(H,21,24)(H,22,25)(H,27,28)/t10-,11-,12-,13-/m0/s1. The van der Waals surface area contributed by atoms with E-state index in [1.165, 1.54) is 6.92 Å². The molecule has 0 heterocycles. The number of hydrogen-bond donors (Lipinski definition) is 7. The van der Waals surface area contributed by atoms with Crippen LogP contribution in [0.4, 0.5) is 0 Å². The Morgan fingerprint density at radius 2 is 1.54 bits per heavy atom. The lowest BCUT2D eigenvalue weighted by Crippen LogP contribution is -2.58. The highest BCUT2D eigenvalue weighted by Crippen LogP contribution is 2.04. The van der Waals surface area contributed by atoms with Crippen LogP contribution in [-0.2, 0) is 19.2 Å². The number of nitrogens with one attached hydrogen (secondary N) is 3. The topological polar surface area (TPSA) is 197 Å². The highest BCUT2D eigenvalue weighted by Gasteiger charge is 2.29. The number of aliphatic hydroxyl groups is 1. The average molecular weight is 403 g/mol. The van der Waals surface area contributed by atoms with Crippen LogP contribution in [0.15, 0.2) is 0 Å². The third-order valence-corrected chi connectivity index (χ3v) is 4.09. The first-order valence-corrected chi connectivity index (χ1v) is 9.25. The minimum Gasteiger partial charge on any atom is -0.480 e. The summed E-state index contributed by atoms with van der Waals surface area (Å²) >= 11 is 0. The molecule has 9 N–H and O–H groups in total. The fraction of sp³-hybridized carbons (Fsp3) is 0.765. The molecule has 0 aliphatic heterocycles. The van der Waals surface area contributed by atoms with Crippen LogP contribution in [0.5, 0.6) is 0 Å². The van der Waals surface area contributed by atoms with E-state index in [1.54, 1.807) is 13.8 Å². The van der Waals surface area contributed by atoms with Crippen molar-refractivity contribution < 1.29 is 29.4 Å². The van der Waals surface area contributed by atoms with Crippen LogP contribution in [0.2, 0.25) is 0 Å². The quantitative estimate of drug-likeness (QED) is 0.166. The van der Waals surface area contributed by atoms with Crippen LogP contribution in [0.1, 0.15) is 40.0 Å². The van der Waals surface area contributed by atoms with Crippen molar-refractivity contribution in [1.82, 2.24) is 16.0 Å². The number of amides is 3. The molecule has 0 aromatic heterocycles. The fourth-order valence-electron chi connectivity index (χ4n) is 2.29. The molecule has 0 bridgehead atoms. The number of aliphatic hydroxyl groups excluding tert-OH is 1. The molecular weight excluding hydrogens is 370 g/mol. The van der Waals surface area contributed by atoms with Crippen molar-refractivity contribution in [2.75, 3.05) is 13.2 Å². The molecule has 11 nitrogen and oxygen atoms in total. The number of hydrogen-bond acceptors (Lipinski definition) is 7. The van der Waals surface area contributed by atoms with Gasteiger partial charge in [0.15, 0.2) is 0 Å². The maximum atomic E-state index is 12.4. The van der Waals surface area contributed by atoms with Gasteiger partial charge in [-0.15, -0.1) is 0 Å². The number of unbranched alkanes of at least 4 members (excludes halogenated alkanes) is 1. The Balaban J connectivity index is 4.86. The summed E-state index contributed by atoms with van der Waals surface area (Å²) in [6.45, 7) is 4.65. The van der Waals surface area contributed by atoms with E-state index in [2.05, 4.69) is 16.0 Å². The smallest absolute Gasteiger partial charge is 0.326 e. The lowest BCUT2D eigenvalue weighted by Gasteiger charge is -2.25. The Labute approximate surface area is 164 Å². The van der Waals surface area contributed by atoms with Gasteiger partial charge < -0.3 is 37.6 Å². The zero-order chi connectivity index (χ0) is 21.9. The van der Waals surface area contributed by atoms with Gasteiger partial charge in [0.25, 0.3) is 0 Å². The van der Waals surface area contributed by atoms with Crippen molar-refractivity contribution in [3.8, 4) is 0 Å². The second-order valence-corrected chi connectivity index (χ2v) is 6.93. The predicted octanol–water partition coefficient (Wildman–Crippen LogP) is -2.35. The number of rotatable bonds is 13. The van der Waals surface area contributed by atoms with E-state index in [-0.39, 0.29) is 12.3 Å². The van der Waals surface area contributed by atoms with Crippen molar-refractivity contribution >= 4 is 23.7 Å². The van der Waals surface area contributed by atoms with Crippen LogP contribution in [-0.4, -0.2) is 71.2 Å². The number of carboxylic acid groups (broad SMARTS) is 1. The first kappa shape index (κ1) is 25.8. The number of aliphatic carboxylic acids is 1. The predicted molar refractivity (Wildman–Crippen MR) is 102 cm³/mol. The van der Waals surface area contributed by atoms with Gasteiger partial charge in [-0.25, -0.2) is 4.79 Å². The van der Waals surface area contributed by atoms with Crippen molar-refractivity contribution in [2.45, 2.75) is 64.2 Å². The van der Waals surface area contributed by atoms with Gasteiger partial charge in [0.05, 0.1) is 6.61 Å². The first-order valence-electron chi connectivity index (χ1n) is 9.25. The molecule has 4 atom stereocenters. The minimum absolute atomic E-state index is 0.225. The molecule has 3 amide bonds. The zero-order valence-corrected chi connectivity index (χ0v) is 16.6. The lowest BCUT2D eigenvalue weighted by molar-refractivity contribution is -0.142. The van der Waals surface area contributed by atoms with Crippen LogP contribution in [0, 0.1) is 5.92 Å². The Kier molecular flexibility index (Phi) is 12.0. The molecule has 0 fully saturated rings. The summed E-state index contributed by atoms with van der Waals surface area (Å²) in [6, 6.07) is -4.24. The average Bonchev–Trinajstić information content (AvgIpc) is 2.63. The van der Waals surface area contributed by atoms with Crippen molar-refractivity contribution in [2.24, 2.45) is 17.4 Å². The summed E-state index contributed by atoms with van der Waals surface area (Å²) in [6.07, 6.45) is 1.40. The zero-order valence-electron chi connectivity index (χ0n) is 16.6. The molecule has 28 heavy (non-hydrogen) atoms. The van der Waals surface area contributed by atoms with Crippen molar-refractivity contribution in [3.05, 3.63) is 0 Å². The molecular formula is C17H33N5O6. The Morgan fingerprint density at radius 3 is 2.00 bits per heavy atom. The van der Waals surface area contributed by atoms with Gasteiger partial charge in [0.2, 0.25) is 17.7 Å². The van der Waals surface area contributed by atoms with Gasteiger partial charge >= 0.3 is 5.97 Å². The molecule has 0 saturated heterocycles. The molecule has 0 rings (SSSR count).